The average Bonchev–Trinajstić information content (AvgIpc) is 3.19. The maximum absolute atomic E-state index is 12.6. The van der Waals surface area contributed by atoms with Crippen LogP contribution in [0, 0.1) is 0 Å². The molecule has 1 fully saturated rings. The molecule has 4 rings (SSSR count). The summed E-state index contributed by atoms with van der Waals surface area (Å²) in [5.41, 5.74) is 2.87. The molecule has 1 saturated heterocycles. The van der Waals surface area contributed by atoms with E-state index in [0.29, 0.717) is 29.6 Å². The van der Waals surface area contributed by atoms with Crippen molar-refractivity contribution in [3.05, 3.63) is 63.9 Å². The number of fused-ring (bicyclic) bond motifs is 1. The van der Waals surface area contributed by atoms with Crippen molar-refractivity contribution < 1.29 is 4.79 Å². The smallest absolute Gasteiger partial charge is 0.223 e. The third-order valence-corrected chi connectivity index (χ3v) is 6.05. The summed E-state index contributed by atoms with van der Waals surface area (Å²) in [6, 6.07) is 13.8. The number of hydrogen-bond donors (Lipinski definition) is 0. The van der Waals surface area contributed by atoms with Gasteiger partial charge < -0.3 is 9.47 Å². The Morgan fingerprint density at radius 1 is 1.11 bits per heavy atom. The van der Waals surface area contributed by atoms with Crippen molar-refractivity contribution >= 4 is 40.1 Å². The second kappa shape index (κ2) is 7.09. The van der Waals surface area contributed by atoms with Crippen molar-refractivity contribution in [3.8, 4) is 0 Å². The second-order valence-corrected chi connectivity index (χ2v) is 9.18. The second-order valence-electron chi connectivity index (χ2n) is 8.37. The summed E-state index contributed by atoms with van der Waals surface area (Å²) in [4.78, 5) is 19.5. The van der Waals surface area contributed by atoms with Gasteiger partial charge in [0, 0.05) is 31.0 Å². The Morgan fingerprint density at radius 2 is 1.86 bits per heavy atom. The molecule has 0 N–H and O–H groups in total. The minimum absolute atomic E-state index is 0.0712. The van der Waals surface area contributed by atoms with Crippen molar-refractivity contribution in [3.63, 3.8) is 0 Å². The fourth-order valence-electron chi connectivity index (χ4n) is 3.92. The molecule has 1 atom stereocenters. The molecule has 0 saturated carbocycles. The van der Waals surface area contributed by atoms with Crippen LogP contribution in [0.1, 0.15) is 44.5 Å². The predicted molar refractivity (Wildman–Crippen MR) is 114 cm³/mol. The highest BCUT2D eigenvalue weighted by Gasteiger charge is 2.39. The van der Waals surface area contributed by atoms with Crippen LogP contribution in [0.15, 0.2) is 42.5 Å². The van der Waals surface area contributed by atoms with Crippen molar-refractivity contribution in [1.29, 1.82) is 0 Å². The molecule has 2 aromatic carbocycles. The zero-order valence-electron chi connectivity index (χ0n) is 16.2. The van der Waals surface area contributed by atoms with Gasteiger partial charge in [-0.25, -0.2) is 4.98 Å². The highest BCUT2D eigenvalue weighted by Crippen LogP contribution is 2.34. The van der Waals surface area contributed by atoms with Crippen LogP contribution in [0.5, 0.6) is 0 Å². The lowest BCUT2D eigenvalue weighted by atomic mass is 10.1. The maximum atomic E-state index is 12.6. The van der Waals surface area contributed by atoms with E-state index >= 15 is 0 Å². The molecule has 28 heavy (non-hydrogen) atoms. The van der Waals surface area contributed by atoms with Gasteiger partial charge in [0.1, 0.15) is 5.82 Å². The Morgan fingerprint density at radius 3 is 2.54 bits per heavy atom. The van der Waals surface area contributed by atoms with Gasteiger partial charge in [-0.2, -0.15) is 0 Å². The van der Waals surface area contributed by atoms with Gasteiger partial charge in [0.2, 0.25) is 5.91 Å². The number of halogens is 2. The number of para-hydroxylation sites is 2. The van der Waals surface area contributed by atoms with Crippen molar-refractivity contribution in [2.24, 2.45) is 0 Å². The summed E-state index contributed by atoms with van der Waals surface area (Å²) in [6.07, 6.45) is 0.488. The summed E-state index contributed by atoms with van der Waals surface area (Å²) < 4.78 is 2.21. The summed E-state index contributed by atoms with van der Waals surface area (Å²) in [7, 11) is 0. The number of imidazole rings is 1. The first-order valence-corrected chi connectivity index (χ1v) is 10.2. The molecule has 1 amide bonds. The molecule has 3 aromatic rings. The molecular formula is C22H23Cl2N3O. The van der Waals surface area contributed by atoms with Crippen molar-refractivity contribution in [1.82, 2.24) is 14.5 Å². The lowest BCUT2D eigenvalue weighted by molar-refractivity contribution is -0.131. The van der Waals surface area contributed by atoms with E-state index in [2.05, 4.69) is 31.4 Å². The molecule has 0 spiro atoms. The van der Waals surface area contributed by atoms with Crippen LogP contribution in [0.2, 0.25) is 10.0 Å². The molecule has 0 radical (unpaired) electrons. The van der Waals surface area contributed by atoms with Gasteiger partial charge in [-0.3, -0.25) is 4.79 Å². The molecule has 1 aliphatic rings. The van der Waals surface area contributed by atoms with Crippen LogP contribution < -0.4 is 0 Å². The van der Waals surface area contributed by atoms with Crippen LogP contribution >= 0.6 is 23.2 Å². The zero-order valence-corrected chi connectivity index (χ0v) is 17.8. The van der Waals surface area contributed by atoms with E-state index in [1.54, 1.807) is 0 Å². The quantitative estimate of drug-likeness (QED) is 0.565. The SMILES string of the molecule is CC(C)(C)N1C[C@H](c2nc3ccccc3n2Cc2ccc(Cl)c(Cl)c2)CC1=O. The molecule has 6 heteroatoms. The Labute approximate surface area is 175 Å². The molecule has 4 nitrogen and oxygen atoms in total. The molecule has 1 aliphatic heterocycles. The highest BCUT2D eigenvalue weighted by molar-refractivity contribution is 6.42. The number of amides is 1. The third-order valence-electron chi connectivity index (χ3n) is 5.31. The van der Waals surface area contributed by atoms with E-state index in [-0.39, 0.29) is 17.4 Å². The van der Waals surface area contributed by atoms with Gasteiger partial charge in [-0.1, -0.05) is 41.4 Å². The lowest BCUT2D eigenvalue weighted by Gasteiger charge is -2.32. The van der Waals surface area contributed by atoms with E-state index in [9.17, 15) is 4.79 Å². The third kappa shape index (κ3) is 3.51. The number of hydrogen-bond acceptors (Lipinski definition) is 2. The van der Waals surface area contributed by atoms with Crippen LogP contribution in [-0.2, 0) is 11.3 Å². The Kier molecular flexibility index (Phi) is 4.88. The first-order chi connectivity index (χ1) is 13.2. The lowest BCUT2D eigenvalue weighted by Crippen LogP contribution is -2.42. The Balaban J connectivity index is 1.76. The number of nitrogens with zero attached hydrogens (tertiary/aromatic N) is 3. The monoisotopic (exact) mass is 415 g/mol. The highest BCUT2D eigenvalue weighted by atomic mass is 35.5. The topological polar surface area (TPSA) is 38.1 Å². The van der Waals surface area contributed by atoms with Gasteiger partial charge in [0.25, 0.3) is 0 Å². The van der Waals surface area contributed by atoms with Gasteiger partial charge in [-0.05, 0) is 50.6 Å². The number of carbonyl (C=O) groups is 1. The summed E-state index contributed by atoms with van der Waals surface area (Å²) >= 11 is 12.3. The predicted octanol–water partition coefficient (Wildman–Crippen LogP) is 5.51. The Bertz CT molecular complexity index is 1050. The number of likely N-dealkylation sites (tertiary alicyclic amines) is 1. The van der Waals surface area contributed by atoms with Crippen LogP contribution in [0.25, 0.3) is 11.0 Å². The molecule has 0 bridgehead atoms. The molecule has 1 aromatic heterocycles. The first kappa shape index (κ1) is 19.3. The maximum Gasteiger partial charge on any atom is 0.223 e. The standard InChI is InChI=1S/C22H23Cl2N3O/c1-22(2,3)27-13-15(11-20(27)28)21-25-18-6-4-5-7-19(18)26(21)12-14-8-9-16(23)17(24)10-14/h4-10,15H,11-13H2,1-3H3/t15-/m1/s1. The average molecular weight is 416 g/mol. The van der Waals surface area contributed by atoms with E-state index in [1.165, 1.54) is 0 Å². The number of carbonyl (C=O) groups excluding carboxylic acids is 1. The number of rotatable bonds is 3. The minimum Gasteiger partial charge on any atom is -0.337 e. The van der Waals surface area contributed by atoms with Crippen LogP contribution in [0.4, 0.5) is 0 Å². The summed E-state index contributed by atoms with van der Waals surface area (Å²) in [5, 5.41) is 1.09. The fourth-order valence-corrected chi connectivity index (χ4v) is 4.24. The summed E-state index contributed by atoms with van der Waals surface area (Å²) in [6.45, 7) is 7.55. The zero-order chi connectivity index (χ0) is 20.1. The van der Waals surface area contributed by atoms with Gasteiger partial charge >= 0.3 is 0 Å². The fraction of sp³-hybridized carbons (Fsp3) is 0.364. The molecule has 146 valence electrons. The van der Waals surface area contributed by atoms with Crippen molar-refractivity contribution in [2.45, 2.75) is 45.2 Å². The van der Waals surface area contributed by atoms with Gasteiger partial charge in [-0.15, -0.1) is 0 Å². The Hall–Kier alpha value is -2.04. The van der Waals surface area contributed by atoms with Gasteiger partial charge in [0.15, 0.2) is 0 Å². The number of benzene rings is 2. The van der Waals surface area contributed by atoms with Crippen LogP contribution in [0.3, 0.4) is 0 Å². The van der Waals surface area contributed by atoms with E-state index in [0.717, 1.165) is 22.4 Å². The van der Waals surface area contributed by atoms with Gasteiger partial charge in [0.05, 0.1) is 21.1 Å². The largest absolute Gasteiger partial charge is 0.337 e. The van der Waals surface area contributed by atoms with Crippen LogP contribution in [-0.4, -0.2) is 32.4 Å². The van der Waals surface area contributed by atoms with E-state index < -0.39 is 0 Å². The molecule has 0 aliphatic carbocycles. The molecular weight excluding hydrogens is 393 g/mol. The van der Waals surface area contributed by atoms with E-state index in [1.807, 2.05) is 41.3 Å². The normalized spacial score (nSPS) is 17.7. The van der Waals surface area contributed by atoms with Crippen molar-refractivity contribution in [2.75, 3.05) is 6.54 Å². The molecule has 2 heterocycles. The van der Waals surface area contributed by atoms with E-state index in [4.69, 9.17) is 28.2 Å². The summed E-state index contributed by atoms with van der Waals surface area (Å²) in [5.74, 6) is 1.21. The number of aromatic nitrogens is 2. The first-order valence-electron chi connectivity index (χ1n) is 9.43. The molecule has 0 unspecified atom stereocenters. The minimum atomic E-state index is -0.188.